The van der Waals surface area contributed by atoms with Gasteiger partial charge in [0.1, 0.15) is 5.15 Å². The number of nitrogens with zero attached hydrogens (tertiary/aromatic N) is 4. The maximum atomic E-state index is 12.4. The normalized spacial score (nSPS) is 11.6. The maximum absolute atomic E-state index is 12.4. The van der Waals surface area contributed by atoms with E-state index in [0.717, 1.165) is 12.1 Å². The van der Waals surface area contributed by atoms with Crippen LogP contribution in [0.2, 0.25) is 5.15 Å². The standard InChI is InChI=1S/C9H4ClF3N4O2/c10-7-2-1-6(17(18)19)8(15-7)16-4-5(3-14-16)9(11,12)13/h1-4H. The van der Waals surface area contributed by atoms with E-state index < -0.39 is 22.4 Å². The van der Waals surface area contributed by atoms with Crippen LogP contribution >= 0.6 is 11.6 Å². The molecule has 0 amide bonds. The Morgan fingerprint density at radius 1 is 1.37 bits per heavy atom. The van der Waals surface area contributed by atoms with Crippen molar-refractivity contribution < 1.29 is 18.1 Å². The molecule has 0 bridgehead atoms. The first-order chi connectivity index (χ1) is 8.79. The second-order valence-electron chi connectivity index (χ2n) is 3.41. The Balaban J connectivity index is 2.55. The largest absolute Gasteiger partial charge is 0.419 e. The zero-order valence-corrected chi connectivity index (χ0v) is 9.68. The summed E-state index contributed by atoms with van der Waals surface area (Å²) >= 11 is 5.57. The molecule has 0 saturated carbocycles. The number of pyridine rings is 1. The Kier molecular flexibility index (Phi) is 3.14. The topological polar surface area (TPSA) is 73.8 Å². The molecule has 6 nitrogen and oxygen atoms in total. The van der Waals surface area contributed by atoms with E-state index in [0.29, 0.717) is 17.1 Å². The van der Waals surface area contributed by atoms with Crippen molar-refractivity contribution in [2.45, 2.75) is 6.18 Å². The predicted octanol–water partition coefficient (Wildman–Crippen LogP) is 2.85. The third kappa shape index (κ3) is 2.65. The number of halogens is 4. The molecule has 0 N–H and O–H groups in total. The molecule has 0 aliphatic rings. The highest BCUT2D eigenvalue weighted by molar-refractivity contribution is 6.29. The van der Waals surface area contributed by atoms with Gasteiger partial charge in [-0.15, -0.1) is 0 Å². The summed E-state index contributed by atoms with van der Waals surface area (Å²) in [7, 11) is 0. The van der Waals surface area contributed by atoms with Crippen LogP contribution in [0.15, 0.2) is 24.5 Å². The minimum Gasteiger partial charge on any atom is -0.258 e. The first kappa shape index (κ1) is 13.3. The third-order valence-corrected chi connectivity index (χ3v) is 2.35. The Morgan fingerprint density at radius 3 is 2.58 bits per heavy atom. The SMILES string of the molecule is O=[N+]([O-])c1ccc(Cl)nc1-n1cc(C(F)(F)F)cn1. The van der Waals surface area contributed by atoms with Crippen LogP contribution in [0.5, 0.6) is 0 Å². The fourth-order valence-corrected chi connectivity index (χ4v) is 1.46. The zero-order chi connectivity index (χ0) is 14.2. The molecule has 100 valence electrons. The van der Waals surface area contributed by atoms with E-state index in [1.807, 2.05) is 0 Å². The lowest BCUT2D eigenvalue weighted by Gasteiger charge is -2.03. The molecule has 19 heavy (non-hydrogen) atoms. The highest BCUT2D eigenvalue weighted by Gasteiger charge is 2.33. The first-order valence-electron chi connectivity index (χ1n) is 4.72. The van der Waals surface area contributed by atoms with Gasteiger partial charge in [-0.25, -0.2) is 9.67 Å². The van der Waals surface area contributed by atoms with Crippen LogP contribution in [0.3, 0.4) is 0 Å². The van der Waals surface area contributed by atoms with E-state index in [2.05, 4.69) is 10.1 Å². The molecule has 0 aliphatic carbocycles. The molecule has 0 unspecified atom stereocenters. The van der Waals surface area contributed by atoms with Crippen LogP contribution in [-0.4, -0.2) is 19.7 Å². The summed E-state index contributed by atoms with van der Waals surface area (Å²) in [5.74, 6) is -0.381. The molecule has 2 rings (SSSR count). The summed E-state index contributed by atoms with van der Waals surface area (Å²) in [6.07, 6.45) is -3.44. The molecule has 2 heterocycles. The van der Waals surface area contributed by atoms with E-state index in [1.54, 1.807) is 0 Å². The molecular weight excluding hydrogens is 289 g/mol. The van der Waals surface area contributed by atoms with Crippen LogP contribution in [0.4, 0.5) is 18.9 Å². The van der Waals surface area contributed by atoms with Crippen molar-refractivity contribution >= 4 is 17.3 Å². The number of hydrogen-bond acceptors (Lipinski definition) is 4. The molecular formula is C9H4ClF3N4O2. The average molecular weight is 293 g/mol. The molecule has 10 heteroatoms. The zero-order valence-electron chi connectivity index (χ0n) is 8.93. The van der Waals surface area contributed by atoms with Gasteiger partial charge >= 0.3 is 11.9 Å². The number of aromatic nitrogens is 3. The van der Waals surface area contributed by atoms with Crippen LogP contribution in [0.1, 0.15) is 5.56 Å². The monoisotopic (exact) mass is 292 g/mol. The van der Waals surface area contributed by atoms with Crippen molar-refractivity contribution in [3.8, 4) is 5.82 Å². The van der Waals surface area contributed by atoms with E-state index in [1.165, 1.54) is 0 Å². The van der Waals surface area contributed by atoms with Crippen molar-refractivity contribution in [1.29, 1.82) is 0 Å². The molecule has 0 saturated heterocycles. The first-order valence-corrected chi connectivity index (χ1v) is 5.10. The van der Waals surface area contributed by atoms with Crippen molar-refractivity contribution in [2.75, 3.05) is 0 Å². The van der Waals surface area contributed by atoms with Crippen LogP contribution < -0.4 is 0 Å². The van der Waals surface area contributed by atoms with E-state index in [9.17, 15) is 23.3 Å². The Morgan fingerprint density at radius 2 is 2.05 bits per heavy atom. The van der Waals surface area contributed by atoms with Gasteiger partial charge in [0.25, 0.3) is 0 Å². The van der Waals surface area contributed by atoms with E-state index in [-0.39, 0.29) is 11.0 Å². The van der Waals surface area contributed by atoms with Gasteiger partial charge in [0.2, 0.25) is 5.82 Å². The van der Waals surface area contributed by atoms with Crippen molar-refractivity contribution in [1.82, 2.24) is 14.8 Å². The summed E-state index contributed by atoms with van der Waals surface area (Å²) in [4.78, 5) is 13.6. The summed E-state index contributed by atoms with van der Waals surface area (Å²) < 4.78 is 37.9. The van der Waals surface area contributed by atoms with Crippen LogP contribution in [0.25, 0.3) is 5.82 Å². The van der Waals surface area contributed by atoms with Gasteiger partial charge in [0, 0.05) is 12.3 Å². The smallest absolute Gasteiger partial charge is 0.258 e. The molecule has 0 spiro atoms. The summed E-state index contributed by atoms with van der Waals surface area (Å²) in [6.45, 7) is 0. The van der Waals surface area contributed by atoms with Crippen molar-refractivity contribution in [3.63, 3.8) is 0 Å². The molecule has 0 aliphatic heterocycles. The van der Waals surface area contributed by atoms with Gasteiger partial charge in [-0.05, 0) is 6.07 Å². The Labute approximate surface area is 108 Å². The number of alkyl halides is 3. The van der Waals surface area contributed by atoms with Crippen LogP contribution in [-0.2, 0) is 6.18 Å². The highest BCUT2D eigenvalue weighted by Crippen LogP contribution is 2.30. The minimum atomic E-state index is -4.59. The second kappa shape index (κ2) is 4.50. The summed E-state index contributed by atoms with van der Waals surface area (Å²) in [5, 5.41) is 14.1. The van der Waals surface area contributed by atoms with Crippen molar-refractivity contribution in [3.05, 3.63) is 45.4 Å². The predicted molar refractivity (Wildman–Crippen MR) is 58.0 cm³/mol. The van der Waals surface area contributed by atoms with E-state index in [4.69, 9.17) is 11.6 Å². The summed E-state index contributed by atoms with van der Waals surface area (Å²) in [5.41, 5.74) is -1.54. The lowest BCUT2D eigenvalue weighted by atomic mass is 10.3. The van der Waals surface area contributed by atoms with Gasteiger partial charge in [-0.2, -0.15) is 18.3 Å². The lowest BCUT2D eigenvalue weighted by Crippen LogP contribution is -2.05. The second-order valence-corrected chi connectivity index (χ2v) is 3.79. The quantitative estimate of drug-likeness (QED) is 0.484. The molecule has 0 fully saturated rings. The molecule has 2 aromatic heterocycles. The van der Waals surface area contributed by atoms with Gasteiger partial charge in [0.15, 0.2) is 0 Å². The molecule has 0 aromatic carbocycles. The lowest BCUT2D eigenvalue weighted by molar-refractivity contribution is -0.384. The molecule has 2 aromatic rings. The summed E-state index contributed by atoms with van der Waals surface area (Å²) in [6, 6.07) is 2.21. The third-order valence-electron chi connectivity index (χ3n) is 2.14. The molecule has 0 radical (unpaired) electrons. The van der Waals surface area contributed by atoms with E-state index >= 15 is 0 Å². The van der Waals surface area contributed by atoms with Crippen LogP contribution in [0, 0.1) is 10.1 Å². The highest BCUT2D eigenvalue weighted by atomic mass is 35.5. The maximum Gasteiger partial charge on any atom is 0.419 e. The van der Waals surface area contributed by atoms with Gasteiger partial charge in [-0.3, -0.25) is 10.1 Å². The van der Waals surface area contributed by atoms with Gasteiger partial charge in [-0.1, -0.05) is 11.6 Å². The number of nitro groups is 1. The minimum absolute atomic E-state index is 0.0929. The average Bonchev–Trinajstić information content (AvgIpc) is 2.77. The fourth-order valence-electron chi connectivity index (χ4n) is 1.31. The number of hydrogen-bond donors (Lipinski definition) is 0. The Bertz CT molecular complexity index is 641. The van der Waals surface area contributed by atoms with Gasteiger partial charge < -0.3 is 0 Å². The van der Waals surface area contributed by atoms with Crippen molar-refractivity contribution in [2.24, 2.45) is 0 Å². The fraction of sp³-hybridized carbons (Fsp3) is 0.111. The number of rotatable bonds is 2. The van der Waals surface area contributed by atoms with Gasteiger partial charge in [0.05, 0.1) is 16.7 Å². The molecule has 0 atom stereocenters. The Hall–Kier alpha value is -2.16.